The third kappa shape index (κ3) is 3.84. The van der Waals surface area contributed by atoms with Gasteiger partial charge in [0, 0.05) is 4.47 Å². The summed E-state index contributed by atoms with van der Waals surface area (Å²) < 4.78 is 7.05. The molecule has 2 rings (SSSR count). The summed E-state index contributed by atoms with van der Waals surface area (Å²) in [6, 6.07) is 14.7. The molecular weight excluding hydrogens is 300 g/mol. The number of hydrogen-bond donors (Lipinski definition) is 0. The van der Waals surface area contributed by atoms with Gasteiger partial charge in [-0.2, -0.15) is 0 Å². The highest BCUT2D eigenvalue weighted by Gasteiger charge is 2.08. The minimum Gasteiger partial charge on any atom is -0.489 e. The molecule has 0 spiro atoms. The van der Waals surface area contributed by atoms with E-state index in [2.05, 4.69) is 67.0 Å². The number of ether oxygens (including phenoxy) is 1. The second-order valence-electron chi connectivity index (χ2n) is 5.11. The van der Waals surface area contributed by atoms with Gasteiger partial charge in [-0.1, -0.05) is 59.6 Å². The van der Waals surface area contributed by atoms with Crippen LogP contribution in [0.2, 0.25) is 0 Å². The van der Waals surface area contributed by atoms with Gasteiger partial charge in [-0.05, 0) is 42.2 Å². The minimum absolute atomic E-state index is 0.450. The van der Waals surface area contributed by atoms with Crippen LogP contribution in [0.25, 0.3) is 0 Å². The zero-order valence-corrected chi connectivity index (χ0v) is 13.2. The van der Waals surface area contributed by atoms with Gasteiger partial charge >= 0.3 is 0 Å². The molecule has 100 valence electrons. The smallest absolute Gasteiger partial charge is 0.123 e. The molecule has 0 N–H and O–H groups in total. The van der Waals surface area contributed by atoms with Crippen LogP contribution in [0.4, 0.5) is 0 Å². The summed E-state index contributed by atoms with van der Waals surface area (Å²) in [7, 11) is 0. The lowest BCUT2D eigenvalue weighted by Gasteiger charge is -2.14. The predicted octanol–water partition coefficient (Wildman–Crippen LogP) is 5.46. The molecule has 19 heavy (non-hydrogen) atoms. The van der Waals surface area contributed by atoms with Crippen LogP contribution in [0.5, 0.6) is 5.75 Å². The molecule has 2 aromatic rings. The first-order chi connectivity index (χ1) is 9.06. The molecule has 2 aromatic carbocycles. The first-order valence-corrected chi connectivity index (χ1v) is 7.33. The summed E-state index contributed by atoms with van der Waals surface area (Å²) >= 11 is 3.51. The van der Waals surface area contributed by atoms with E-state index in [1.54, 1.807) is 0 Å². The van der Waals surface area contributed by atoms with E-state index in [-0.39, 0.29) is 0 Å². The van der Waals surface area contributed by atoms with Gasteiger partial charge in [0.25, 0.3) is 0 Å². The Kier molecular flexibility index (Phi) is 4.65. The van der Waals surface area contributed by atoms with Crippen molar-refractivity contribution in [3.63, 3.8) is 0 Å². The van der Waals surface area contributed by atoms with Crippen LogP contribution >= 0.6 is 15.9 Å². The molecule has 0 bridgehead atoms. The molecule has 2 heteroatoms. The maximum absolute atomic E-state index is 5.96. The number of rotatable bonds is 4. The Morgan fingerprint density at radius 1 is 1.05 bits per heavy atom. The molecular formula is C17H19BrO. The summed E-state index contributed by atoms with van der Waals surface area (Å²) in [6.45, 7) is 7.07. The second-order valence-corrected chi connectivity index (χ2v) is 6.03. The highest BCUT2D eigenvalue weighted by atomic mass is 79.9. The van der Waals surface area contributed by atoms with Crippen molar-refractivity contribution in [3.8, 4) is 5.75 Å². The molecule has 0 unspecified atom stereocenters. The van der Waals surface area contributed by atoms with Crippen molar-refractivity contribution >= 4 is 15.9 Å². The summed E-state index contributed by atoms with van der Waals surface area (Å²) in [5.41, 5.74) is 3.71. The lowest BCUT2D eigenvalue weighted by atomic mass is 10.0. The fourth-order valence-corrected chi connectivity index (χ4v) is 2.33. The lowest BCUT2D eigenvalue weighted by Crippen LogP contribution is -2.00. The van der Waals surface area contributed by atoms with Crippen molar-refractivity contribution in [1.82, 2.24) is 0 Å². The van der Waals surface area contributed by atoms with Crippen molar-refractivity contribution in [1.29, 1.82) is 0 Å². The average Bonchev–Trinajstić information content (AvgIpc) is 2.39. The summed E-state index contributed by atoms with van der Waals surface area (Å²) in [5.74, 6) is 1.42. The number of hydrogen-bond acceptors (Lipinski definition) is 1. The summed E-state index contributed by atoms with van der Waals surface area (Å²) in [4.78, 5) is 0. The third-order valence-corrected chi connectivity index (χ3v) is 3.60. The molecule has 0 atom stereocenters. The van der Waals surface area contributed by atoms with Crippen molar-refractivity contribution in [3.05, 3.63) is 63.6 Å². The molecule has 0 saturated heterocycles. The SMILES string of the molecule is Cc1ccc(COc2ccc(Br)cc2C(C)C)cc1. The maximum Gasteiger partial charge on any atom is 0.123 e. The fraction of sp³-hybridized carbons (Fsp3) is 0.294. The standard InChI is InChI=1S/C17H19BrO/c1-12(2)16-10-15(18)8-9-17(16)19-11-14-6-4-13(3)5-7-14/h4-10,12H,11H2,1-3H3. The van der Waals surface area contributed by atoms with Gasteiger partial charge in [0.2, 0.25) is 0 Å². The van der Waals surface area contributed by atoms with Crippen molar-refractivity contribution in [2.75, 3.05) is 0 Å². The van der Waals surface area contributed by atoms with E-state index in [1.165, 1.54) is 16.7 Å². The first kappa shape index (κ1) is 14.1. The second kappa shape index (κ2) is 6.25. The number of aryl methyl sites for hydroxylation is 1. The number of benzene rings is 2. The summed E-state index contributed by atoms with van der Waals surface area (Å²) in [6.07, 6.45) is 0. The van der Waals surface area contributed by atoms with Gasteiger partial charge in [-0.25, -0.2) is 0 Å². The molecule has 0 radical (unpaired) electrons. The van der Waals surface area contributed by atoms with Crippen LogP contribution in [-0.2, 0) is 6.61 Å². The Balaban J connectivity index is 2.13. The van der Waals surface area contributed by atoms with Gasteiger partial charge in [-0.15, -0.1) is 0 Å². The quantitative estimate of drug-likeness (QED) is 0.727. The van der Waals surface area contributed by atoms with Crippen LogP contribution in [0.1, 0.15) is 36.5 Å². The zero-order chi connectivity index (χ0) is 13.8. The van der Waals surface area contributed by atoms with Gasteiger partial charge < -0.3 is 4.74 Å². The van der Waals surface area contributed by atoms with E-state index in [9.17, 15) is 0 Å². The Morgan fingerprint density at radius 3 is 2.37 bits per heavy atom. The zero-order valence-electron chi connectivity index (χ0n) is 11.6. The van der Waals surface area contributed by atoms with Gasteiger partial charge in [-0.3, -0.25) is 0 Å². The van der Waals surface area contributed by atoms with E-state index < -0.39 is 0 Å². The van der Waals surface area contributed by atoms with E-state index in [4.69, 9.17) is 4.74 Å². The Hall–Kier alpha value is -1.28. The monoisotopic (exact) mass is 318 g/mol. The maximum atomic E-state index is 5.96. The lowest BCUT2D eigenvalue weighted by molar-refractivity contribution is 0.301. The van der Waals surface area contributed by atoms with Crippen LogP contribution in [-0.4, -0.2) is 0 Å². The fourth-order valence-electron chi connectivity index (χ4n) is 1.95. The first-order valence-electron chi connectivity index (χ1n) is 6.54. The van der Waals surface area contributed by atoms with Gasteiger partial charge in [0.1, 0.15) is 12.4 Å². The Bertz CT molecular complexity index is 544. The molecule has 0 aromatic heterocycles. The minimum atomic E-state index is 0.450. The number of halogens is 1. The molecule has 0 fully saturated rings. The summed E-state index contributed by atoms with van der Waals surface area (Å²) in [5, 5.41) is 0. The molecule has 0 saturated carbocycles. The van der Waals surface area contributed by atoms with Crippen molar-refractivity contribution < 1.29 is 4.74 Å². The topological polar surface area (TPSA) is 9.23 Å². The molecule has 1 nitrogen and oxygen atoms in total. The predicted molar refractivity (Wildman–Crippen MR) is 83.7 cm³/mol. The van der Waals surface area contributed by atoms with E-state index in [0.29, 0.717) is 12.5 Å². The Labute approximate surface area is 123 Å². The average molecular weight is 319 g/mol. The van der Waals surface area contributed by atoms with Crippen molar-refractivity contribution in [2.24, 2.45) is 0 Å². The normalized spacial score (nSPS) is 10.8. The molecule has 0 amide bonds. The molecule has 0 aliphatic heterocycles. The van der Waals surface area contributed by atoms with Crippen molar-refractivity contribution in [2.45, 2.75) is 33.3 Å². The highest BCUT2D eigenvalue weighted by Crippen LogP contribution is 2.30. The Morgan fingerprint density at radius 2 is 1.74 bits per heavy atom. The highest BCUT2D eigenvalue weighted by molar-refractivity contribution is 9.10. The van der Waals surface area contributed by atoms with Gasteiger partial charge in [0.15, 0.2) is 0 Å². The van der Waals surface area contributed by atoms with Gasteiger partial charge in [0.05, 0.1) is 0 Å². The van der Waals surface area contributed by atoms with Crippen LogP contribution in [0.15, 0.2) is 46.9 Å². The van der Waals surface area contributed by atoms with E-state index >= 15 is 0 Å². The van der Waals surface area contributed by atoms with Crippen LogP contribution in [0, 0.1) is 6.92 Å². The van der Waals surface area contributed by atoms with Crippen LogP contribution in [0.3, 0.4) is 0 Å². The molecule has 0 aliphatic carbocycles. The van der Waals surface area contributed by atoms with E-state index in [1.807, 2.05) is 12.1 Å². The third-order valence-electron chi connectivity index (χ3n) is 3.11. The van der Waals surface area contributed by atoms with E-state index in [0.717, 1.165) is 10.2 Å². The van der Waals surface area contributed by atoms with Crippen LogP contribution < -0.4 is 4.74 Å². The molecule has 0 heterocycles. The molecule has 0 aliphatic rings. The largest absolute Gasteiger partial charge is 0.489 e.